The summed E-state index contributed by atoms with van der Waals surface area (Å²) in [5.41, 5.74) is 0.732. The van der Waals surface area contributed by atoms with Crippen LogP contribution in [0.2, 0.25) is 0 Å². The van der Waals surface area contributed by atoms with Crippen LogP contribution in [0, 0.1) is 0 Å². The minimum atomic E-state index is -0.837. The predicted molar refractivity (Wildman–Crippen MR) is 138 cm³/mol. The summed E-state index contributed by atoms with van der Waals surface area (Å²) in [6, 6.07) is 13.4. The van der Waals surface area contributed by atoms with Crippen molar-refractivity contribution in [3.63, 3.8) is 0 Å². The van der Waals surface area contributed by atoms with Crippen molar-refractivity contribution in [1.29, 1.82) is 0 Å². The Kier molecular flexibility index (Phi) is 9.31. The first-order chi connectivity index (χ1) is 17.4. The van der Waals surface area contributed by atoms with Gasteiger partial charge in [-0.25, -0.2) is 0 Å². The van der Waals surface area contributed by atoms with Crippen molar-refractivity contribution in [3.8, 4) is 23.0 Å². The van der Waals surface area contributed by atoms with Crippen LogP contribution in [0.1, 0.15) is 51.2 Å². The molecule has 0 saturated carbocycles. The Bertz CT molecular complexity index is 946. The van der Waals surface area contributed by atoms with E-state index in [-0.39, 0.29) is 6.04 Å². The highest BCUT2D eigenvalue weighted by Crippen LogP contribution is 2.34. The molecule has 8 heteroatoms. The van der Waals surface area contributed by atoms with E-state index in [9.17, 15) is 10.2 Å². The first-order valence-corrected chi connectivity index (χ1v) is 13.0. The maximum atomic E-state index is 11.4. The van der Waals surface area contributed by atoms with Gasteiger partial charge in [-0.05, 0) is 68.7 Å². The third-order valence-corrected chi connectivity index (χ3v) is 7.20. The van der Waals surface area contributed by atoms with Crippen LogP contribution in [0.25, 0.3) is 0 Å². The molecule has 0 radical (unpaired) electrons. The summed E-state index contributed by atoms with van der Waals surface area (Å²) >= 11 is 0. The van der Waals surface area contributed by atoms with Crippen molar-refractivity contribution < 1.29 is 29.2 Å². The van der Waals surface area contributed by atoms with Gasteiger partial charge in [-0.2, -0.15) is 0 Å². The number of fused-ring (bicyclic) bond motifs is 1. The Balaban J connectivity index is 1.42. The van der Waals surface area contributed by atoms with Crippen LogP contribution < -0.4 is 24.3 Å². The van der Waals surface area contributed by atoms with Gasteiger partial charge in [-0.15, -0.1) is 0 Å². The molecular weight excluding hydrogens is 460 g/mol. The first-order valence-electron chi connectivity index (χ1n) is 13.0. The van der Waals surface area contributed by atoms with Gasteiger partial charge in [0.25, 0.3) is 0 Å². The quantitative estimate of drug-likeness (QED) is 0.404. The van der Waals surface area contributed by atoms with Crippen LogP contribution in [0.3, 0.4) is 0 Å². The molecule has 0 aromatic heterocycles. The van der Waals surface area contributed by atoms with Crippen LogP contribution in [0.15, 0.2) is 42.5 Å². The molecule has 0 aliphatic carbocycles. The summed E-state index contributed by atoms with van der Waals surface area (Å²) in [5.74, 6) is 2.81. The lowest BCUT2D eigenvalue weighted by molar-refractivity contribution is 0.0152. The van der Waals surface area contributed by atoms with Crippen LogP contribution >= 0.6 is 0 Å². The number of aliphatic hydroxyl groups excluding tert-OH is 2. The number of nitrogens with one attached hydrogen (secondary N) is 1. The summed E-state index contributed by atoms with van der Waals surface area (Å²) < 4.78 is 22.3. The van der Waals surface area contributed by atoms with Crippen molar-refractivity contribution in [1.82, 2.24) is 10.2 Å². The van der Waals surface area contributed by atoms with Crippen molar-refractivity contribution in [2.45, 2.75) is 70.0 Å². The molecule has 36 heavy (non-hydrogen) atoms. The zero-order chi connectivity index (χ0) is 25.5. The number of aliphatic hydroxyl groups is 2. The molecule has 2 aromatic rings. The molecule has 8 nitrogen and oxygen atoms in total. The molecule has 0 spiro atoms. The SMILES string of the molecule is COc1ccc(OCC[C@H](O)N[C@H](CN2C(C)CCCC2C)C(O)c2ccc3c(c2)OCCO3)cc1. The van der Waals surface area contributed by atoms with Crippen molar-refractivity contribution in [2.75, 3.05) is 33.5 Å². The van der Waals surface area contributed by atoms with Gasteiger partial charge in [-0.1, -0.05) is 12.5 Å². The van der Waals surface area contributed by atoms with Crippen molar-refractivity contribution in [3.05, 3.63) is 48.0 Å². The first kappa shape index (κ1) is 26.5. The summed E-state index contributed by atoms with van der Waals surface area (Å²) in [7, 11) is 1.62. The average Bonchev–Trinajstić information content (AvgIpc) is 2.90. The lowest BCUT2D eigenvalue weighted by Crippen LogP contribution is -2.54. The molecule has 5 atom stereocenters. The Morgan fingerprint density at radius 3 is 2.33 bits per heavy atom. The van der Waals surface area contributed by atoms with Crippen LogP contribution in [-0.4, -0.2) is 72.9 Å². The molecular formula is C28H40N2O6. The highest BCUT2D eigenvalue weighted by molar-refractivity contribution is 5.44. The van der Waals surface area contributed by atoms with Gasteiger partial charge >= 0.3 is 0 Å². The molecule has 2 aliphatic heterocycles. The minimum Gasteiger partial charge on any atom is -0.497 e. The van der Waals surface area contributed by atoms with E-state index in [0.717, 1.165) is 24.2 Å². The topological polar surface area (TPSA) is 92.7 Å². The van der Waals surface area contributed by atoms with Gasteiger partial charge in [0.1, 0.15) is 30.9 Å². The Morgan fingerprint density at radius 2 is 1.64 bits per heavy atom. The van der Waals surface area contributed by atoms with Crippen molar-refractivity contribution >= 4 is 0 Å². The fourth-order valence-corrected chi connectivity index (χ4v) is 5.07. The molecule has 0 amide bonds. The molecule has 2 aliphatic rings. The molecule has 3 unspecified atom stereocenters. The van der Waals surface area contributed by atoms with E-state index in [1.165, 1.54) is 6.42 Å². The normalized spacial score (nSPS) is 22.5. The Labute approximate surface area is 214 Å². The number of rotatable bonds is 11. The zero-order valence-electron chi connectivity index (χ0n) is 21.6. The van der Waals surface area contributed by atoms with Crippen molar-refractivity contribution in [2.24, 2.45) is 0 Å². The van der Waals surface area contributed by atoms with E-state index in [2.05, 4.69) is 24.1 Å². The number of hydrogen-bond donors (Lipinski definition) is 3. The van der Waals surface area contributed by atoms with Gasteiger partial charge in [0, 0.05) is 25.0 Å². The molecule has 0 bridgehead atoms. The molecule has 1 saturated heterocycles. The largest absolute Gasteiger partial charge is 0.497 e. The van der Waals surface area contributed by atoms with Crippen LogP contribution in [0.4, 0.5) is 0 Å². The number of piperidine rings is 1. The number of hydrogen-bond acceptors (Lipinski definition) is 8. The van der Waals surface area contributed by atoms with Gasteiger partial charge in [-0.3, -0.25) is 10.2 Å². The number of nitrogens with zero attached hydrogens (tertiary/aromatic N) is 1. The predicted octanol–water partition coefficient (Wildman–Crippen LogP) is 3.51. The maximum Gasteiger partial charge on any atom is 0.161 e. The molecule has 198 valence electrons. The second-order valence-electron chi connectivity index (χ2n) is 9.78. The summed E-state index contributed by atoms with van der Waals surface area (Å²) in [5, 5.41) is 25.6. The molecule has 2 aromatic carbocycles. The Hall–Kier alpha value is -2.52. The molecule has 4 rings (SSSR count). The maximum absolute atomic E-state index is 11.4. The molecule has 1 fully saturated rings. The fraction of sp³-hybridized carbons (Fsp3) is 0.571. The summed E-state index contributed by atoms with van der Waals surface area (Å²) in [4.78, 5) is 2.43. The standard InChI is InChI=1S/C28H40N2O6/c1-19-5-4-6-20(2)30(19)18-24(28(32)21-7-12-25-26(17-21)36-16-15-35-25)29-27(31)13-14-34-23-10-8-22(33-3)9-11-23/h7-12,17,19-20,24,27-29,31-32H,4-6,13-16,18H2,1-3H3/t19?,20?,24-,27+,28?/m1/s1. The fourth-order valence-electron chi connectivity index (χ4n) is 5.07. The van der Waals surface area contributed by atoms with Gasteiger partial charge in [0.05, 0.1) is 25.9 Å². The van der Waals surface area contributed by atoms with E-state index in [4.69, 9.17) is 18.9 Å². The lowest BCUT2D eigenvalue weighted by atomic mass is 9.94. The van der Waals surface area contributed by atoms with E-state index < -0.39 is 12.3 Å². The lowest BCUT2D eigenvalue weighted by Gasteiger charge is -2.42. The number of ether oxygens (including phenoxy) is 4. The van der Waals surface area contributed by atoms with E-state index in [1.807, 2.05) is 42.5 Å². The third kappa shape index (κ3) is 6.82. The van der Waals surface area contributed by atoms with Gasteiger partial charge in [0.15, 0.2) is 11.5 Å². The minimum absolute atomic E-state index is 0.337. The van der Waals surface area contributed by atoms with Crippen LogP contribution in [-0.2, 0) is 0 Å². The second kappa shape index (κ2) is 12.6. The Morgan fingerprint density at radius 1 is 0.972 bits per heavy atom. The summed E-state index contributed by atoms with van der Waals surface area (Å²) in [6.45, 7) is 6.45. The van der Waals surface area contributed by atoms with Gasteiger partial charge < -0.3 is 29.2 Å². The van der Waals surface area contributed by atoms with E-state index >= 15 is 0 Å². The van der Waals surface area contributed by atoms with Gasteiger partial charge in [0.2, 0.25) is 0 Å². The average molecular weight is 501 g/mol. The number of methoxy groups -OCH3 is 1. The zero-order valence-corrected chi connectivity index (χ0v) is 21.6. The summed E-state index contributed by atoms with van der Waals surface area (Å²) in [6.07, 6.45) is 2.19. The number of likely N-dealkylation sites (tertiary alicyclic amines) is 1. The van der Waals surface area contributed by atoms with E-state index in [0.29, 0.717) is 62.1 Å². The smallest absolute Gasteiger partial charge is 0.161 e. The molecule has 3 N–H and O–H groups in total. The number of benzene rings is 2. The highest BCUT2D eigenvalue weighted by atomic mass is 16.6. The van der Waals surface area contributed by atoms with E-state index in [1.54, 1.807) is 7.11 Å². The monoisotopic (exact) mass is 500 g/mol. The highest BCUT2D eigenvalue weighted by Gasteiger charge is 2.32. The third-order valence-electron chi connectivity index (χ3n) is 7.20. The second-order valence-corrected chi connectivity index (χ2v) is 9.78. The van der Waals surface area contributed by atoms with Crippen LogP contribution in [0.5, 0.6) is 23.0 Å². The molecule has 2 heterocycles.